The van der Waals surface area contributed by atoms with Gasteiger partial charge in [-0.05, 0) is 61.4 Å². The van der Waals surface area contributed by atoms with Crippen molar-refractivity contribution in [1.82, 2.24) is 0 Å². The fourth-order valence-electron chi connectivity index (χ4n) is 1.82. The fourth-order valence-corrected chi connectivity index (χ4v) is 1.82. The molecule has 3 rings (SSSR count). The normalized spacial score (nSPS) is 12.0. The molecule has 0 spiro atoms. The number of aliphatic hydroxyl groups excluding tert-OH is 1. The standard InChI is InChI=1S/C6H10O2.C6H6O2.C6H4O2.3CH2O.3CH3.He.3Rh.2H2/c3*7-5-1-2-6(8)4-3-5;3*1-2;;;;;;;;;/h5,7H,1-4H2;1-4,7-8H;1-4H;3*1H2;3*1H3;;;;;2*1H/q;;;;;;3*-1;;;;+2;;/i;;;3*1D;;;;;;;;;. The van der Waals surface area contributed by atoms with Gasteiger partial charge in [0.05, 0.1) is 6.10 Å². The molecule has 2 aliphatic rings. The van der Waals surface area contributed by atoms with Gasteiger partial charge in [-0.2, -0.15) is 0 Å². The minimum atomic E-state index is -0.201. The van der Waals surface area contributed by atoms with Crippen molar-refractivity contribution in [1.29, 1.82) is 0 Å². The van der Waals surface area contributed by atoms with Crippen LogP contribution < -0.4 is 0 Å². The quantitative estimate of drug-likeness (QED) is 0.155. The molecule has 219 valence electrons. The van der Waals surface area contributed by atoms with E-state index in [0.717, 1.165) is 0 Å². The number of hydrogen-bond acceptors (Lipinski definition) is 9. The summed E-state index contributed by atoms with van der Waals surface area (Å²) >= 11 is 0. The van der Waals surface area contributed by atoms with Crippen molar-refractivity contribution in [2.24, 2.45) is 0 Å². The average Bonchev–Trinajstić information content (AvgIpc) is 2.77. The van der Waals surface area contributed by atoms with Crippen LogP contribution in [0.2, 0.25) is 0 Å². The molecule has 37 heavy (non-hydrogen) atoms. The van der Waals surface area contributed by atoms with Crippen molar-refractivity contribution >= 4 is 37.6 Å². The molecule has 0 unspecified atom stereocenters. The molecule has 0 aromatic heterocycles. The maximum atomic E-state index is 10.5. The Kier molecular flexibility index (Phi) is 66.0. The summed E-state index contributed by atoms with van der Waals surface area (Å²) in [5.74, 6) is 0.398. The molecule has 0 bridgehead atoms. The molecule has 0 atom stereocenters. The number of hydrogen-bond donors (Lipinski definition) is 3. The van der Waals surface area contributed by atoms with Crippen LogP contribution >= 0.6 is 0 Å². The van der Waals surface area contributed by atoms with Gasteiger partial charge in [-0.25, -0.2) is 0 Å². The Hall–Kier alpha value is -1.94. The second-order valence-corrected chi connectivity index (χ2v) is 5.26. The summed E-state index contributed by atoms with van der Waals surface area (Å²) in [5.41, 5.74) is 0. The van der Waals surface area contributed by atoms with Crippen LogP contribution in [0.5, 0.6) is 11.5 Å². The molecule has 1 aromatic rings. The average molecular weight is 787 g/mol. The van der Waals surface area contributed by atoms with Gasteiger partial charge in [-0.3, -0.25) is 14.4 Å². The van der Waals surface area contributed by atoms with Crippen molar-refractivity contribution in [2.45, 2.75) is 31.8 Å². The van der Waals surface area contributed by atoms with Crippen molar-refractivity contribution in [3.05, 3.63) is 70.8 Å². The van der Waals surface area contributed by atoms with Crippen molar-refractivity contribution in [3.63, 3.8) is 0 Å². The second-order valence-electron chi connectivity index (χ2n) is 5.26. The summed E-state index contributed by atoms with van der Waals surface area (Å²) in [4.78, 5) is 56.5. The first kappa shape index (κ1) is 51.7. The number of aromatic hydroxyl groups is 2. The largest absolute Gasteiger partial charge is 2.00 e. The van der Waals surface area contributed by atoms with Crippen LogP contribution in [0.1, 0.15) is 32.6 Å². The molecule has 13 heteroatoms. The maximum absolute atomic E-state index is 10.5. The van der Waals surface area contributed by atoms with E-state index >= 15 is 0 Å². The summed E-state index contributed by atoms with van der Waals surface area (Å²) < 4.78 is 16.6. The summed E-state index contributed by atoms with van der Waals surface area (Å²) in [5, 5.41) is 26.2. The van der Waals surface area contributed by atoms with Gasteiger partial charge in [0, 0.05) is 60.8 Å². The molecule has 3 radical (unpaired) electrons. The SMILES string of the molecule is O=C1C=CC(=O)C=C1.O=C1CCC(O)CC1.Oc1ccc(O)cc1.[2H]C=O.[2H]C=O.[2H]C=O.[CH3-].[CH3-].[CH3-].[HH].[HH].[He].[Rh+2].[Rh].[Rh]. The first-order chi connectivity index (χ1) is 15.6. The summed E-state index contributed by atoms with van der Waals surface area (Å²) in [6.45, 7) is 0. The van der Waals surface area contributed by atoms with E-state index in [1.807, 2.05) is 0 Å². The molecule has 9 nitrogen and oxygen atoms in total. The van der Waals surface area contributed by atoms with E-state index in [-0.39, 0.29) is 139 Å². The van der Waals surface area contributed by atoms with E-state index in [1.54, 1.807) is 0 Å². The van der Waals surface area contributed by atoms with E-state index in [4.69, 9.17) is 33.8 Å². The molecule has 0 amide bonds. The Labute approximate surface area is 266 Å². The van der Waals surface area contributed by atoms with Crippen LogP contribution in [-0.4, -0.2) is 59.1 Å². The molecular weight excluding hydrogens is 745 g/mol. The predicted molar refractivity (Wildman–Crippen MR) is 132 cm³/mol. The molecule has 3 N–H and O–H groups in total. The van der Waals surface area contributed by atoms with Gasteiger partial charge in [0.1, 0.15) is 41.7 Å². The van der Waals surface area contributed by atoms with Gasteiger partial charge < -0.3 is 52.0 Å². The van der Waals surface area contributed by atoms with Crippen LogP contribution in [0.15, 0.2) is 48.6 Å². The van der Waals surface area contributed by atoms with E-state index in [2.05, 4.69) is 0 Å². The minimum absolute atomic E-state index is 0. The number of phenols is 2. The van der Waals surface area contributed by atoms with Crippen molar-refractivity contribution < 1.29 is 116 Å². The number of phenolic OH excluding ortho intramolecular Hbond substituents is 2. The number of carbonyl (C=O) groups excluding carboxylic acids is 6. The Bertz CT molecular complexity index is 723. The molecular formula is C24H39HeO9Rh3-. The summed E-state index contributed by atoms with van der Waals surface area (Å²) in [6.07, 6.45) is 7.34. The second kappa shape index (κ2) is 47.3. The number of rotatable bonds is 0. The van der Waals surface area contributed by atoms with E-state index in [9.17, 15) is 14.4 Å². The number of allylic oxidation sites excluding steroid dienone is 4. The Morgan fingerprint density at radius 2 is 0.946 bits per heavy atom. The van der Waals surface area contributed by atoms with E-state index in [1.165, 1.54) is 48.6 Å². The zero-order valence-corrected chi connectivity index (χ0v) is 25.7. The fraction of sp³-hybridized carbons (Fsp3) is 0.208. The minimum Gasteiger partial charge on any atom is -0.508 e. The molecule has 1 saturated carbocycles. The van der Waals surface area contributed by atoms with Gasteiger partial charge in [0.15, 0.2) is 11.6 Å². The third-order valence-electron chi connectivity index (χ3n) is 3.19. The van der Waals surface area contributed by atoms with E-state index < -0.39 is 0 Å². The smallest absolute Gasteiger partial charge is 0.508 e. The Morgan fingerprint density at radius 3 is 1.14 bits per heavy atom. The first-order valence-corrected chi connectivity index (χ1v) is 8.19. The van der Waals surface area contributed by atoms with Gasteiger partial charge >= 0.3 is 19.5 Å². The molecule has 0 heterocycles. The number of aliphatic hydroxyl groups is 1. The van der Waals surface area contributed by atoms with Crippen LogP contribution in [0, 0.1) is 28.4 Å². The predicted octanol–water partition coefficient (Wildman–Crippen LogP) is 3.12. The van der Waals surface area contributed by atoms with Crippen LogP contribution in [0.4, 0.5) is 0 Å². The third-order valence-corrected chi connectivity index (χ3v) is 3.19. The van der Waals surface area contributed by atoms with Crippen molar-refractivity contribution in [2.75, 3.05) is 0 Å². The van der Waals surface area contributed by atoms with Crippen molar-refractivity contribution in [3.8, 4) is 11.5 Å². The zero-order chi connectivity index (χ0) is 26.1. The third kappa shape index (κ3) is 44.5. The molecule has 0 saturated heterocycles. The van der Waals surface area contributed by atoms with Gasteiger partial charge in [-0.1, -0.05) is 0 Å². The number of Topliss-reactive ketones (excluding diaryl/α,β-unsaturated/α-hetero) is 1. The summed E-state index contributed by atoms with van der Waals surface area (Å²) in [7, 11) is 0. The number of ketones is 3. The Morgan fingerprint density at radius 1 is 0.730 bits per heavy atom. The van der Waals surface area contributed by atoms with Crippen LogP contribution in [-0.2, 0) is 87.2 Å². The van der Waals surface area contributed by atoms with Crippen LogP contribution in [0.3, 0.4) is 0 Å². The van der Waals surface area contributed by atoms with Gasteiger partial charge in [-0.15, -0.1) is 0 Å². The van der Waals surface area contributed by atoms with Crippen LogP contribution in [0.25, 0.3) is 0 Å². The van der Waals surface area contributed by atoms with Gasteiger partial charge in [0.25, 0.3) is 0 Å². The Balaban J connectivity index is -0.0000000258. The maximum Gasteiger partial charge on any atom is 2.00 e. The van der Waals surface area contributed by atoms with E-state index in [0.29, 0.717) is 31.5 Å². The molecule has 1 aromatic carbocycles. The molecule has 2 aliphatic carbocycles. The topological polar surface area (TPSA) is 163 Å². The van der Waals surface area contributed by atoms with Gasteiger partial charge in [0.2, 0.25) is 0 Å². The number of benzene rings is 1. The molecule has 1 fully saturated rings. The summed E-state index contributed by atoms with van der Waals surface area (Å²) in [6, 6.07) is 5.70. The molecule has 0 aliphatic heterocycles. The zero-order valence-electron chi connectivity index (χ0n) is 23.8. The first-order valence-electron chi connectivity index (χ1n) is 9.92. The monoisotopic (exact) mass is 787 g/mol. The number of carbonyl (C=O) groups is 6.